The van der Waals surface area contributed by atoms with E-state index in [1.54, 1.807) is 27.7 Å². The molecule has 0 bridgehead atoms. The molecule has 0 saturated carbocycles. The molecular weight excluding hydrogens is 686 g/mol. The number of carbonyl (C=O) groups is 8. The van der Waals surface area contributed by atoms with E-state index < -0.39 is 96.0 Å². The van der Waals surface area contributed by atoms with Crippen LogP contribution in [-0.4, -0.2) is 123 Å². The smallest absolute Gasteiger partial charge is 0.326 e. The number of amides is 5. The predicted molar refractivity (Wildman–Crippen MR) is 185 cm³/mol. The molecule has 0 aromatic heterocycles. The van der Waals surface area contributed by atoms with Gasteiger partial charge in [-0.2, -0.15) is 0 Å². The first-order valence-corrected chi connectivity index (χ1v) is 17.3. The largest absolute Gasteiger partial charge is 0.481 e. The van der Waals surface area contributed by atoms with E-state index in [9.17, 15) is 48.6 Å². The first-order chi connectivity index (χ1) is 24.2. The van der Waals surface area contributed by atoms with Gasteiger partial charge in [-0.05, 0) is 56.8 Å². The van der Waals surface area contributed by atoms with Crippen LogP contribution in [-0.2, 0) is 38.4 Å². The van der Waals surface area contributed by atoms with Crippen LogP contribution >= 0.6 is 0 Å². The fourth-order valence-corrected chi connectivity index (χ4v) is 5.54. The van der Waals surface area contributed by atoms with E-state index in [4.69, 9.17) is 22.0 Å². The van der Waals surface area contributed by atoms with E-state index in [0.717, 1.165) is 0 Å². The molecule has 1 aliphatic heterocycles. The molecule has 20 nitrogen and oxygen atoms in total. The highest BCUT2D eigenvalue weighted by Crippen LogP contribution is 2.20. The summed E-state index contributed by atoms with van der Waals surface area (Å²) in [5.74, 6) is -8.54. The van der Waals surface area contributed by atoms with Crippen LogP contribution in [0, 0.1) is 17.2 Å². The number of nitrogens with one attached hydrogen (secondary N) is 6. The molecule has 0 aromatic carbocycles. The lowest BCUT2D eigenvalue weighted by molar-refractivity contribution is -0.143. The fourth-order valence-electron chi connectivity index (χ4n) is 5.54. The van der Waals surface area contributed by atoms with Gasteiger partial charge in [-0.1, -0.05) is 27.7 Å². The van der Waals surface area contributed by atoms with E-state index in [0.29, 0.717) is 6.42 Å². The van der Waals surface area contributed by atoms with Crippen molar-refractivity contribution in [1.29, 1.82) is 5.41 Å². The summed E-state index contributed by atoms with van der Waals surface area (Å²) in [6.45, 7) is 7.15. The fraction of sp³-hybridized carbons (Fsp3) is 0.719. The van der Waals surface area contributed by atoms with Gasteiger partial charge in [0.05, 0.1) is 6.04 Å². The molecule has 294 valence electrons. The minimum atomic E-state index is -1.44. The lowest BCUT2D eigenvalue weighted by atomic mass is 9.99. The molecule has 0 unspecified atom stereocenters. The maximum atomic E-state index is 13.6. The van der Waals surface area contributed by atoms with E-state index in [1.165, 1.54) is 4.90 Å². The summed E-state index contributed by atoms with van der Waals surface area (Å²) in [6, 6.07) is -7.45. The van der Waals surface area contributed by atoms with Crippen molar-refractivity contribution >= 4 is 53.4 Å². The van der Waals surface area contributed by atoms with Crippen molar-refractivity contribution in [3.8, 4) is 0 Å². The molecule has 5 amide bonds. The van der Waals surface area contributed by atoms with Crippen LogP contribution in [0.3, 0.4) is 0 Å². The zero-order valence-corrected chi connectivity index (χ0v) is 30.1. The Bertz CT molecular complexity index is 1310. The summed E-state index contributed by atoms with van der Waals surface area (Å²) >= 11 is 0. The van der Waals surface area contributed by atoms with Gasteiger partial charge in [0.1, 0.15) is 30.2 Å². The number of carbonyl (C=O) groups excluding carboxylic acids is 5. The zero-order valence-electron chi connectivity index (χ0n) is 30.1. The van der Waals surface area contributed by atoms with Gasteiger partial charge in [0.2, 0.25) is 29.5 Å². The average molecular weight is 742 g/mol. The second-order valence-electron chi connectivity index (χ2n) is 13.5. The molecule has 1 fully saturated rings. The summed E-state index contributed by atoms with van der Waals surface area (Å²) in [5, 5.41) is 47.7. The van der Waals surface area contributed by atoms with Gasteiger partial charge in [-0.3, -0.25) is 39.0 Å². The predicted octanol–water partition coefficient (Wildman–Crippen LogP) is -1.98. The van der Waals surface area contributed by atoms with Crippen molar-refractivity contribution < 1.29 is 53.7 Å². The average Bonchev–Trinajstić information content (AvgIpc) is 3.54. The Labute approximate surface area is 302 Å². The molecule has 0 aliphatic carbocycles. The van der Waals surface area contributed by atoms with Gasteiger partial charge in [0, 0.05) is 25.9 Å². The minimum absolute atomic E-state index is 0.00211. The molecule has 13 N–H and O–H groups in total. The Morgan fingerprint density at radius 2 is 1.37 bits per heavy atom. The van der Waals surface area contributed by atoms with Crippen LogP contribution < -0.4 is 38.1 Å². The van der Waals surface area contributed by atoms with E-state index >= 15 is 0 Å². The SMILES string of the molecule is CC(C)C[C@H](NC(=O)[C@@H](NC(=O)[C@H](CCC(=O)O)NC(=O)[C@@H]1CCCN1C(=O)[C@@H](N)CCC(=O)O)C(C)C)C(=O)N[C@@H](CCCNC(=N)N)C(=O)O. The molecule has 1 heterocycles. The second kappa shape index (κ2) is 22.0. The molecule has 1 saturated heterocycles. The topological polar surface area (TPSA) is 337 Å². The van der Waals surface area contributed by atoms with Crippen molar-refractivity contribution in [3.63, 3.8) is 0 Å². The molecule has 0 spiro atoms. The third-order valence-electron chi connectivity index (χ3n) is 8.29. The Balaban J connectivity index is 3.13. The highest BCUT2D eigenvalue weighted by atomic mass is 16.4. The van der Waals surface area contributed by atoms with Crippen molar-refractivity contribution in [2.45, 2.75) is 122 Å². The lowest BCUT2D eigenvalue weighted by Crippen LogP contribution is -2.60. The minimum Gasteiger partial charge on any atom is -0.481 e. The Kier molecular flexibility index (Phi) is 19.1. The highest BCUT2D eigenvalue weighted by Gasteiger charge is 2.39. The maximum absolute atomic E-state index is 13.6. The first kappa shape index (κ1) is 45.0. The number of rotatable bonds is 23. The highest BCUT2D eigenvalue weighted by molar-refractivity contribution is 5.96. The van der Waals surface area contributed by atoms with Gasteiger partial charge >= 0.3 is 17.9 Å². The molecule has 20 heteroatoms. The van der Waals surface area contributed by atoms with Gasteiger partial charge in [-0.15, -0.1) is 0 Å². The third kappa shape index (κ3) is 15.9. The second-order valence-corrected chi connectivity index (χ2v) is 13.5. The van der Waals surface area contributed by atoms with Gasteiger partial charge in [-0.25, -0.2) is 4.79 Å². The van der Waals surface area contributed by atoms with E-state index in [1.807, 2.05) is 0 Å². The summed E-state index contributed by atoms with van der Waals surface area (Å²) in [6.07, 6.45) is -0.393. The summed E-state index contributed by atoms with van der Waals surface area (Å²) in [5.41, 5.74) is 11.1. The van der Waals surface area contributed by atoms with Crippen molar-refractivity contribution in [2.75, 3.05) is 13.1 Å². The number of guanidine groups is 1. The summed E-state index contributed by atoms with van der Waals surface area (Å²) in [7, 11) is 0. The van der Waals surface area contributed by atoms with E-state index in [2.05, 4.69) is 26.6 Å². The monoisotopic (exact) mass is 741 g/mol. The molecular formula is C32H55N9O11. The number of nitrogens with two attached hydrogens (primary N) is 2. The standard InChI is InChI=1S/C32H55N9O11/c1-16(2)15-21(27(47)38-20(31(51)52)7-5-13-36-32(34)35)39-29(49)25(17(3)4)40-26(46)19(10-12-24(44)45)37-28(48)22-8-6-14-41(22)30(50)18(33)9-11-23(42)43/h16-22,25H,5-15,33H2,1-4H3,(H,37,48)(H,38,47)(H,39,49)(H,40,46)(H,42,43)(H,44,45)(H,51,52)(H4,34,35,36)/t18-,19-,20-,21-,22-,25-/m0/s1. The maximum Gasteiger partial charge on any atom is 0.326 e. The molecule has 0 radical (unpaired) electrons. The molecule has 52 heavy (non-hydrogen) atoms. The number of hydrogen-bond acceptors (Lipinski definition) is 10. The Morgan fingerprint density at radius 3 is 1.90 bits per heavy atom. The van der Waals surface area contributed by atoms with Crippen LogP contribution in [0.1, 0.15) is 85.5 Å². The van der Waals surface area contributed by atoms with Crippen LogP contribution in [0.2, 0.25) is 0 Å². The van der Waals surface area contributed by atoms with Crippen LogP contribution in [0.25, 0.3) is 0 Å². The molecule has 1 rings (SSSR count). The lowest BCUT2D eigenvalue weighted by Gasteiger charge is -2.30. The van der Waals surface area contributed by atoms with Crippen molar-refractivity contribution in [3.05, 3.63) is 0 Å². The van der Waals surface area contributed by atoms with Gasteiger partial charge in [0.25, 0.3) is 0 Å². The Hall–Kier alpha value is -5.01. The van der Waals surface area contributed by atoms with Gasteiger partial charge in [0.15, 0.2) is 5.96 Å². The quantitative estimate of drug-likeness (QED) is 0.0307. The third-order valence-corrected chi connectivity index (χ3v) is 8.29. The molecule has 6 atom stereocenters. The number of aliphatic carboxylic acids is 3. The number of hydrogen-bond donors (Lipinski definition) is 11. The van der Waals surface area contributed by atoms with Crippen molar-refractivity contribution in [1.82, 2.24) is 31.5 Å². The Morgan fingerprint density at radius 1 is 0.788 bits per heavy atom. The van der Waals surface area contributed by atoms with Crippen LogP contribution in [0.15, 0.2) is 0 Å². The van der Waals surface area contributed by atoms with Crippen LogP contribution in [0.5, 0.6) is 0 Å². The normalized spacial score (nSPS) is 16.9. The van der Waals surface area contributed by atoms with Crippen molar-refractivity contribution in [2.24, 2.45) is 23.3 Å². The zero-order chi connectivity index (χ0) is 39.7. The molecule has 0 aromatic rings. The number of carboxylic acid groups (broad SMARTS) is 3. The van der Waals surface area contributed by atoms with Gasteiger partial charge < -0.3 is 58.3 Å². The first-order valence-electron chi connectivity index (χ1n) is 17.3. The number of nitrogens with zero attached hydrogens (tertiary/aromatic N) is 1. The molecule has 1 aliphatic rings. The van der Waals surface area contributed by atoms with Crippen LogP contribution in [0.4, 0.5) is 0 Å². The number of carboxylic acids is 3. The number of likely N-dealkylation sites (tertiary alicyclic amines) is 1. The summed E-state index contributed by atoms with van der Waals surface area (Å²) in [4.78, 5) is 102. The summed E-state index contributed by atoms with van der Waals surface area (Å²) < 4.78 is 0. The van der Waals surface area contributed by atoms with E-state index in [-0.39, 0.29) is 69.9 Å².